The van der Waals surface area contributed by atoms with Gasteiger partial charge in [0.25, 0.3) is 15.9 Å². The normalized spacial score (nSPS) is 11.5. The highest BCUT2D eigenvalue weighted by molar-refractivity contribution is 7.92. The number of benzene rings is 3. The molecular weight excluding hydrogens is 500 g/mol. The van der Waals surface area contributed by atoms with Crippen LogP contribution in [0.4, 0.5) is 10.1 Å². The lowest BCUT2D eigenvalue weighted by Gasteiger charge is -2.24. The van der Waals surface area contributed by atoms with E-state index >= 15 is 0 Å². The van der Waals surface area contributed by atoms with Crippen LogP contribution in [0.25, 0.3) is 0 Å². The molecule has 6 nitrogen and oxygen atoms in total. The molecule has 0 spiro atoms. The van der Waals surface area contributed by atoms with Crippen LogP contribution in [0.2, 0.25) is 15.1 Å². The first-order chi connectivity index (χ1) is 15.2. The molecule has 0 aliphatic rings. The number of carbonyl (C=O) groups is 1. The van der Waals surface area contributed by atoms with Crippen LogP contribution >= 0.6 is 34.8 Å². The molecule has 0 unspecified atom stereocenters. The number of hydrogen-bond donors (Lipinski definition) is 1. The van der Waals surface area contributed by atoms with Crippen molar-refractivity contribution in [1.29, 1.82) is 0 Å². The molecule has 3 aromatic rings. The van der Waals surface area contributed by atoms with Crippen LogP contribution in [0, 0.1) is 5.82 Å². The maximum Gasteiger partial charge on any atom is 0.264 e. The van der Waals surface area contributed by atoms with E-state index in [1.807, 2.05) is 0 Å². The minimum absolute atomic E-state index is 0.0206. The average molecular weight is 515 g/mol. The van der Waals surface area contributed by atoms with E-state index < -0.39 is 28.3 Å². The Morgan fingerprint density at radius 2 is 1.69 bits per heavy atom. The summed E-state index contributed by atoms with van der Waals surface area (Å²) in [5.41, 5.74) is 2.28. The molecule has 0 aromatic heterocycles. The van der Waals surface area contributed by atoms with E-state index in [4.69, 9.17) is 34.8 Å². The van der Waals surface area contributed by atoms with Crippen molar-refractivity contribution in [2.45, 2.75) is 4.90 Å². The fourth-order valence-corrected chi connectivity index (χ4v) is 4.58. The monoisotopic (exact) mass is 513 g/mol. The maximum atomic E-state index is 13.8. The van der Waals surface area contributed by atoms with Crippen molar-refractivity contribution in [2.24, 2.45) is 5.10 Å². The molecule has 1 N–H and O–H groups in total. The number of anilines is 1. The third-order valence-corrected chi connectivity index (χ3v) is 7.05. The second kappa shape index (κ2) is 10.3. The van der Waals surface area contributed by atoms with E-state index in [0.29, 0.717) is 0 Å². The molecule has 0 atom stereocenters. The summed E-state index contributed by atoms with van der Waals surface area (Å²) in [6.45, 7) is -0.627. The van der Waals surface area contributed by atoms with Crippen LogP contribution in [0.1, 0.15) is 5.56 Å². The molecule has 0 bridgehead atoms. The van der Waals surface area contributed by atoms with Crippen molar-refractivity contribution in [2.75, 3.05) is 10.8 Å². The van der Waals surface area contributed by atoms with E-state index in [1.165, 1.54) is 48.5 Å². The number of rotatable bonds is 7. The highest BCUT2D eigenvalue weighted by atomic mass is 35.5. The van der Waals surface area contributed by atoms with Crippen LogP contribution in [0.15, 0.2) is 76.7 Å². The first-order valence-corrected chi connectivity index (χ1v) is 11.6. The summed E-state index contributed by atoms with van der Waals surface area (Å²) in [6.07, 6.45) is 1.03. The maximum absolute atomic E-state index is 13.8. The fraction of sp³-hybridized carbons (Fsp3) is 0.0476. The van der Waals surface area contributed by atoms with Crippen LogP contribution in [-0.4, -0.2) is 27.1 Å². The summed E-state index contributed by atoms with van der Waals surface area (Å²) in [4.78, 5) is 12.5. The summed E-state index contributed by atoms with van der Waals surface area (Å²) < 4.78 is 41.1. The second-order valence-corrected chi connectivity index (χ2v) is 9.44. The van der Waals surface area contributed by atoms with Gasteiger partial charge in [-0.15, -0.1) is 0 Å². The van der Waals surface area contributed by atoms with E-state index in [0.717, 1.165) is 10.5 Å². The highest BCUT2D eigenvalue weighted by Crippen LogP contribution is 2.30. The van der Waals surface area contributed by atoms with Gasteiger partial charge in [-0.2, -0.15) is 5.10 Å². The number of nitrogens with zero attached hydrogens (tertiary/aromatic N) is 2. The lowest BCUT2D eigenvalue weighted by Crippen LogP contribution is -2.39. The Kier molecular flexibility index (Phi) is 7.73. The Labute approximate surface area is 199 Å². The van der Waals surface area contributed by atoms with Crippen molar-refractivity contribution >= 4 is 62.6 Å². The van der Waals surface area contributed by atoms with Gasteiger partial charge in [-0.05, 0) is 42.5 Å². The Balaban J connectivity index is 1.88. The molecule has 166 valence electrons. The molecule has 3 rings (SSSR count). The van der Waals surface area contributed by atoms with Crippen molar-refractivity contribution in [3.63, 3.8) is 0 Å². The first-order valence-electron chi connectivity index (χ1n) is 8.99. The van der Waals surface area contributed by atoms with Crippen molar-refractivity contribution in [3.05, 3.63) is 93.2 Å². The number of hydrazone groups is 1. The first kappa shape index (κ1) is 24.0. The van der Waals surface area contributed by atoms with Gasteiger partial charge >= 0.3 is 0 Å². The number of amides is 1. The Morgan fingerprint density at radius 3 is 2.34 bits per heavy atom. The van der Waals surface area contributed by atoms with Crippen molar-refractivity contribution in [1.82, 2.24) is 5.43 Å². The zero-order valence-electron chi connectivity index (χ0n) is 16.2. The number of sulfonamides is 1. The largest absolute Gasteiger partial charge is 0.271 e. The molecule has 0 aliphatic heterocycles. The molecule has 0 aliphatic carbocycles. The summed E-state index contributed by atoms with van der Waals surface area (Å²) in [7, 11) is -4.13. The molecule has 3 aromatic carbocycles. The van der Waals surface area contributed by atoms with E-state index in [1.54, 1.807) is 18.2 Å². The predicted molar refractivity (Wildman–Crippen MR) is 125 cm³/mol. The number of nitrogens with one attached hydrogen (secondary N) is 1. The van der Waals surface area contributed by atoms with Gasteiger partial charge in [-0.3, -0.25) is 9.10 Å². The third kappa shape index (κ3) is 5.58. The molecule has 0 saturated carbocycles. The van der Waals surface area contributed by atoms with Gasteiger partial charge in [0.05, 0.1) is 31.9 Å². The molecule has 0 saturated heterocycles. The van der Waals surface area contributed by atoms with Gasteiger partial charge in [0.1, 0.15) is 12.4 Å². The quantitative estimate of drug-likeness (QED) is 0.351. The van der Waals surface area contributed by atoms with Crippen LogP contribution in [0.3, 0.4) is 0 Å². The smallest absolute Gasteiger partial charge is 0.264 e. The minimum atomic E-state index is -4.13. The molecule has 1 amide bonds. The average Bonchev–Trinajstić information content (AvgIpc) is 2.76. The SMILES string of the molecule is O=C(CN(c1ccc(Cl)c(Cl)c1)S(=O)(=O)c1ccccc1)N/N=C\c1c(F)cccc1Cl. The van der Waals surface area contributed by atoms with Crippen molar-refractivity contribution < 1.29 is 17.6 Å². The van der Waals surface area contributed by atoms with Gasteiger partial charge in [0.2, 0.25) is 0 Å². The zero-order valence-corrected chi connectivity index (χ0v) is 19.3. The summed E-state index contributed by atoms with van der Waals surface area (Å²) in [5.74, 6) is -1.40. The van der Waals surface area contributed by atoms with E-state index in [-0.39, 0.29) is 31.2 Å². The van der Waals surface area contributed by atoms with Crippen LogP contribution in [-0.2, 0) is 14.8 Å². The summed E-state index contributed by atoms with van der Waals surface area (Å²) in [5, 5.41) is 4.12. The van der Waals surface area contributed by atoms with Gasteiger partial charge in [-0.25, -0.2) is 18.2 Å². The predicted octanol–water partition coefficient (Wildman–Crippen LogP) is 5.13. The van der Waals surface area contributed by atoms with Crippen LogP contribution < -0.4 is 9.73 Å². The molecule has 0 fully saturated rings. The summed E-state index contributed by atoms with van der Waals surface area (Å²) >= 11 is 17.9. The van der Waals surface area contributed by atoms with Crippen molar-refractivity contribution in [3.8, 4) is 0 Å². The third-order valence-electron chi connectivity index (χ3n) is 4.19. The second-order valence-electron chi connectivity index (χ2n) is 6.35. The Morgan fingerprint density at radius 1 is 0.969 bits per heavy atom. The Bertz CT molecular complexity index is 1250. The number of carbonyl (C=O) groups excluding carboxylic acids is 1. The van der Waals surface area contributed by atoms with Gasteiger partial charge < -0.3 is 0 Å². The van der Waals surface area contributed by atoms with E-state index in [2.05, 4.69) is 10.5 Å². The van der Waals surface area contributed by atoms with E-state index in [9.17, 15) is 17.6 Å². The standard InChI is InChI=1S/C21H15Cl3FN3O3S/c22-17-7-4-8-20(25)16(17)12-26-27-21(29)13-28(14-9-10-18(23)19(24)11-14)32(30,31)15-5-2-1-3-6-15/h1-12H,13H2,(H,27,29)/b26-12-. The molecule has 0 heterocycles. The lowest BCUT2D eigenvalue weighted by atomic mass is 10.2. The number of hydrogen-bond acceptors (Lipinski definition) is 4. The molecule has 0 radical (unpaired) electrons. The zero-order chi connectivity index (χ0) is 23.3. The van der Waals surface area contributed by atoms with Gasteiger partial charge in [0.15, 0.2) is 0 Å². The number of halogens is 4. The van der Waals surface area contributed by atoms with Crippen LogP contribution in [0.5, 0.6) is 0 Å². The van der Waals surface area contributed by atoms with Gasteiger partial charge in [-0.1, -0.05) is 59.1 Å². The molecule has 11 heteroatoms. The highest BCUT2D eigenvalue weighted by Gasteiger charge is 2.27. The Hall–Kier alpha value is -2.65. The lowest BCUT2D eigenvalue weighted by molar-refractivity contribution is -0.119. The minimum Gasteiger partial charge on any atom is -0.271 e. The molecular formula is C21H15Cl3FN3O3S. The van der Waals surface area contributed by atoms with Gasteiger partial charge in [0, 0.05) is 5.56 Å². The summed E-state index contributed by atoms with van der Waals surface area (Å²) in [6, 6.07) is 15.8. The fourth-order valence-electron chi connectivity index (χ4n) is 2.64. The molecule has 32 heavy (non-hydrogen) atoms. The topological polar surface area (TPSA) is 78.8 Å².